The van der Waals surface area contributed by atoms with Crippen molar-refractivity contribution >= 4 is 12.4 Å². The summed E-state index contributed by atoms with van der Waals surface area (Å²) < 4.78 is 35.8. The van der Waals surface area contributed by atoms with Gasteiger partial charge in [-0.05, 0) is 18.9 Å². The van der Waals surface area contributed by atoms with Gasteiger partial charge in [0.1, 0.15) is 0 Å². The van der Waals surface area contributed by atoms with Crippen LogP contribution in [0, 0.1) is 11.8 Å². The molecule has 0 spiro atoms. The Hall–Kier alpha value is 0.0400. The fraction of sp³-hybridized carbons (Fsp3) is 1.00. The minimum Gasteiger partial charge on any atom is -0.313 e. The average Bonchev–Trinajstić information content (AvgIpc) is 2.30. The highest BCUT2D eigenvalue weighted by Crippen LogP contribution is 2.54. The lowest BCUT2D eigenvalue weighted by atomic mass is 10.2. The first-order valence-corrected chi connectivity index (χ1v) is 3.41. The van der Waals surface area contributed by atoms with Crippen molar-refractivity contribution in [1.29, 1.82) is 0 Å². The third kappa shape index (κ3) is 1.34. The highest BCUT2D eigenvalue weighted by Gasteiger charge is 2.65. The second-order valence-electron chi connectivity index (χ2n) is 3.00. The summed E-state index contributed by atoms with van der Waals surface area (Å²) in [6.45, 7) is 0.766. The fourth-order valence-corrected chi connectivity index (χ4v) is 1.87. The number of fused-ring (bicyclic) bond motifs is 1. The summed E-state index contributed by atoms with van der Waals surface area (Å²) in [7, 11) is 0. The first-order valence-electron chi connectivity index (χ1n) is 3.41. The van der Waals surface area contributed by atoms with Gasteiger partial charge in [0.25, 0.3) is 0 Å². The molecule has 66 valence electrons. The summed E-state index contributed by atoms with van der Waals surface area (Å²) in [4.78, 5) is 0. The smallest absolute Gasteiger partial charge is 0.313 e. The van der Waals surface area contributed by atoms with E-state index in [0.29, 0.717) is 6.42 Å². The number of hydrogen-bond acceptors (Lipinski definition) is 1. The van der Waals surface area contributed by atoms with Gasteiger partial charge in [-0.1, -0.05) is 0 Å². The molecule has 0 radical (unpaired) electrons. The fourth-order valence-electron chi connectivity index (χ4n) is 1.87. The summed E-state index contributed by atoms with van der Waals surface area (Å²) in [6, 6.07) is -0.236. The van der Waals surface area contributed by atoms with Crippen molar-refractivity contribution in [3.63, 3.8) is 0 Å². The lowest BCUT2D eigenvalue weighted by molar-refractivity contribution is -0.153. The number of rotatable bonds is 0. The molecule has 2 aliphatic rings. The zero-order chi connectivity index (χ0) is 7.35. The van der Waals surface area contributed by atoms with Crippen molar-refractivity contribution in [2.75, 3.05) is 6.54 Å². The lowest BCUT2D eigenvalue weighted by Crippen LogP contribution is -2.24. The largest absolute Gasteiger partial charge is 0.393 e. The van der Waals surface area contributed by atoms with E-state index in [2.05, 4.69) is 5.32 Å². The SMILES string of the molecule is Cl.FC(F)(F)[C@H]1[C@@H]2CCN[C@@H]21. The molecule has 1 N–H and O–H groups in total. The van der Waals surface area contributed by atoms with Crippen LogP contribution in [0.5, 0.6) is 0 Å². The van der Waals surface area contributed by atoms with Crippen LogP contribution in [0.25, 0.3) is 0 Å². The summed E-state index contributed by atoms with van der Waals surface area (Å²) >= 11 is 0. The van der Waals surface area contributed by atoms with Crippen LogP contribution in [-0.4, -0.2) is 18.8 Å². The molecular formula is C6H9ClF3N. The van der Waals surface area contributed by atoms with Gasteiger partial charge in [-0.3, -0.25) is 0 Å². The molecular weight excluding hydrogens is 179 g/mol. The van der Waals surface area contributed by atoms with Gasteiger partial charge >= 0.3 is 6.18 Å². The third-order valence-corrected chi connectivity index (χ3v) is 2.40. The quantitative estimate of drug-likeness (QED) is 0.607. The molecule has 1 heterocycles. The summed E-state index contributed by atoms with van der Waals surface area (Å²) in [6.07, 6.45) is -3.25. The Morgan fingerprint density at radius 1 is 1.27 bits per heavy atom. The van der Waals surface area contributed by atoms with Crippen LogP contribution in [0.1, 0.15) is 6.42 Å². The first kappa shape index (κ1) is 9.13. The highest BCUT2D eigenvalue weighted by atomic mass is 35.5. The second kappa shape index (κ2) is 2.52. The Kier molecular flexibility index (Phi) is 2.09. The van der Waals surface area contributed by atoms with Gasteiger partial charge < -0.3 is 5.32 Å². The molecule has 1 aliphatic carbocycles. The number of halogens is 4. The van der Waals surface area contributed by atoms with Gasteiger partial charge in [-0.25, -0.2) is 0 Å². The Morgan fingerprint density at radius 3 is 2.18 bits per heavy atom. The molecule has 5 heteroatoms. The van der Waals surface area contributed by atoms with Crippen molar-refractivity contribution in [2.24, 2.45) is 11.8 Å². The van der Waals surface area contributed by atoms with Crippen LogP contribution >= 0.6 is 12.4 Å². The van der Waals surface area contributed by atoms with Crippen LogP contribution in [0.15, 0.2) is 0 Å². The van der Waals surface area contributed by atoms with Gasteiger partial charge in [0.05, 0.1) is 5.92 Å². The van der Waals surface area contributed by atoms with E-state index in [-0.39, 0.29) is 24.4 Å². The van der Waals surface area contributed by atoms with Crippen LogP contribution < -0.4 is 5.32 Å². The summed E-state index contributed by atoms with van der Waals surface area (Å²) in [5.74, 6) is -1.12. The predicted molar refractivity (Wildman–Crippen MR) is 36.7 cm³/mol. The summed E-state index contributed by atoms with van der Waals surface area (Å²) in [5.41, 5.74) is 0. The Morgan fingerprint density at radius 2 is 1.91 bits per heavy atom. The van der Waals surface area contributed by atoms with Crippen molar-refractivity contribution in [3.05, 3.63) is 0 Å². The molecule has 2 rings (SSSR count). The second-order valence-corrected chi connectivity index (χ2v) is 3.00. The normalized spacial score (nSPS) is 41.2. The number of nitrogens with one attached hydrogen (secondary N) is 1. The molecule has 3 atom stereocenters. The van der Waals surface area contributed by atoms with Crippen LogP contribution in [0.4, 0.5) is 13.2 Å². The van der Waals surface area contributed by atoms with Crippen LogP contribution in [0.3, 0.4) is 0 Å². The molecule has 1 saturated heterocycles. The lowest BCUT2D eigenvalue weighted by Gasteiger charge is -2.07. The maximum Gasteiger partial charge on any atom is 0.393 e. The number of piperidine rings is 1. The van der Waals surface area contributed by atoms with Gasteiger partial charge in [-0.2, -0.15) is 13.2 Å². The average molecular weight is 188 g/mol. The molecule has 2 fully saturated rings. The van der Waals surface area contributed by atoms with E-state index < -0.39 is 12.1 Å². The standard InChI is InChI=1S/C6H8F3N.ClH/c7-6(8,9)4-3-1-2-10-5(3)4;/h3-5,10H,1-2H2;1H/t3-,4-,5-;/m0./s1. The minimum absolute atomic E-state index is 0. The van der Waals surface area contributed by atoms with E-state index >= 15 is 0 Å². The first-order chi connectivity index (χ1) is 4.61. The van der Waals surface area contributed by atoms with Gasteiger partial charge in [0, 0.05) is 6.04 Å². The van der Waals surface area contributed by atoms with Crippen molar-refractivity contribution in [3.8, 4) is 0 Å². The van der Waals surface area contributed by atoms with Crippen molar-refractivity contribution in [1.82, 2.24) is 5.32 Å². The topological polar surface area (TPSA) is 12.0 Å². The van der Waals surface area contributed by atoms with E-state index in [9.17, 15) is 13.2 Å². The van der Waals surface area contributed by atoms with E-state index in [1.54, 1.807) is 0 Å². The van der Waals surface area contributed by atoms with Crippen LogP contribution in [-0.2, 0) is 0 Å². The molecule has 1 nitrogen and oxygen atoms in total. The highest BCUT2D eigenvalue weighted by molar-refractivity contribution is 5.85. The summed E-state index contributed by atoms with van der Waals surface area (Å²) in [5, 5.41) is 2.83. The third-order valence-electron chi connectivity index (χ3n) is 2.40. The zero-order valence-electron chi connectivity index (χ0n) is 5.69. The Labute approximate surface area is 68.8 Å². The molecule has 1 aliphatic heterocycles. The Bertz CT molecular complexity index is 148. The molecule has 0 aromatic rings. The van der Waals surface area contributed by atoms with Gasteiger partial charge in [-0.15, -0.1) is 12.4 Å². The number of alkyl halides is 3. The van der Waals surface area contributed by atoms with E-state index in [1.807, 2.05) is 0 Å². The van der Waals surface area contributed by atoms with Gasteiger partial charge in [0.15, 0.2) is 0 Å². The monoisotopic (exact) mass is 187 g/mol. The predicted octanol–water partition coefficient (Wildman–Crippen LogP) is 1.58. The molecule has 0 unspecified atom stereocenters. The van der Waals surface area contributed by atoms with E-state index in [4.69, 9.17) is 0 Å². The molecule has 11 heavy (non-hydrogen) atoms. The number of hydrogen-bond donors (Lipinski definition) is 1. The Balaban J connectivity index is 0.000000605. The molecule has 0 aromatic heterocycles. The van der Waals surface area contributed by atoms with Gasteiger partial charge in [0.2, 0.25) is 0 Å². The molecule has 0 bridgehead atoms. The molecule has 0 amide bonds. The molecule has 1 saturated carbocycles. The van der Waals surface area contributed by atoms with Crippen molar-refractivity contribution < 1.29 is 13.2 Å². The maximum absolute atomic E-state index is 11.9. The zero-order valence-corrected chi connectivity index (χ0v) is 6.50. The molecule has 0 aromatic carbocycles. The minimum atomic E-state index is -3.96. The van der Waals surface area contributed by atoms with E-state index in [0.717, 1.165) is 6.54 Å². The maximum atomic E-state index is 11.9. The van der Waals surface area contributed by atoms with E-state index in [1.165, 1.54) is 0 Å². The van der Waals surface area contributed by atoms with Crippen molar-refractivity contribution in [2.45, 2.75) is 18.6 Å². The van der Waals surface area contributed by atoms with Crippen LogP contribution in [0.2, 0.25) is 0 Å².